The van der Waals surface area contributed by atoms with Crippen LogP contribution in [0.5, 0.6) is 0 Å². The van der Waals surface area contributed by atoms with Gasteiger partial charge in [0.05, 0.1) is 6.54 Å². The smallest absolute Gasteiger partial charge is 0.415 e. The first-order valence-electron chi connectivity index (χ1n) is 13.5. The molecule has 4 aromatic rings. The van der Waals surface area contributed by atoms with Crippen molar-refractivity contribution in [2.75, 3.05) is 24.5 Å². The second-order valence-electron chi connectivity index (χ2n) is 11.0. The summed E-state index contributed by atoms with van der Waals surface area (Å²) in [5, 5.41) is 0.872. The Labute approximate surface area is 224 Å². The minimum atomic E-state index is -1.45. The predicted octanol–water partition coefficient (Wildman–Crippen LogP) is 7.05. The molecule has 200 valence electrons. The van der Waals surface area contributed by atoms with Gasteiger partial charge in [0.2, 0.25) is 0 Å². The summed E-state index contributed by atoms with van der Waals surface area (Å²) in [4.78, 5) is 16.7. The Morgan fingerprint density at radius 1 is 0.872 bits per heavy atom. The Balaban J connectivity index is 1.17. The summed E-state index contributed by atoms with van der Waals surface area (Å²) in [6.45, 7) is 2.65. The Hall–Kier alpha value is -3.78. The second-order valence-corrected chi connectivity index (χ2v) is 11.0. The SMILES string of the molecule is O=C1OC2(CCN(Cc3cn(C4CC4)c4cccc(-c5ccc(F)c(F)c5F)c34)CC2)CN1c1ccccc1. The van der Waals surface area contributed by atoms with E-state index in [0.717, 1.165) is 54.2 Å². The van der Waals surface area contributed by atoms with Gasteiger partial charge in [-0.15, -0.1) is 0 Å². The third-order valence-electron chi connectivity index (χ3n) is 8.40. The zero-order valence-electron chi connectivity index (χ0n) is 21.4. The molecule has 0 unspecified atom stereocenters. The molecule has 3 heterocycles. The van der Waals surface area contributed by atoms with E-state index in [2.05, 4.69) is 15.7 Å². The topological polar surface area (TPSA) is 37.7 Å². The Morgan fingerprint density at radius 3 is 2.38 bits per heavy atom. The molecule has 0 atom stereocenters. The summed E-state index contributed by atoms with van der Waals surface area (Å²) in [5.74, 6) is -3.82. The van der Waals surface area contributed by atoms with Crippen LogP contribution in [0.4, 0.5) is 23.7 Å². The second kappa shape index (κ2) is 9.16. The van der Waals surface area contributed by atoms with E-state index >= 15 is 0 Å². The van der Waals surface area contributed by atoms with E-state index in [0.29, 0.717) is 37.5 Å². The number of aromatic nitrogens is 1. The van der Waals surface area contributed by atoms with Crippen molar-refractivity contribution >= 4 is 22.7 Å². The zero-order chi connectivity index (χ0) is 26.7. The highest BCUT2D eigenvalue weighted by molar-refractivity contribution is 5.98. The molecule has 1 spiro atoms. The third-order valence-corrected chi connectivity index (χ3v) is 8.40. The summed E-state index contributed by atoms with van der Waals surface area (Å²) in [5.41, 5.74) is 2.96. The van der Waals surface area contributed by atoms with Crippen LogP contribution in [-0.2, 0) is 11.3 Å². The molecule has 3 fully saturated rings. The first-order valence-corrected chi connectivity index (χ1v) is 13.5. The van der Waals surface area contributed by atoms with Crippen LogP contribution in [0.2, 0.25) is 0 Å². The van der Waals surface area contributed by atoms with E-state index in [9.17, 15) is 18.0 Å². The van der Waals surface area contributed by atoms with Crippen LogP contribution in [0, 0.1) is 17.5 Å². The number of rotatable bonds is 5. The minimum Gasteiger partial charge on any atom is -0.441 e. The van der Waals surface area contributed by atoms with Crippen LogP contribution < -0.4 is 4.90 Å². The van der Waals surface area contributed by atoms with E-state index in [4.69, 9.17) is 4.74 Å². The van der Waals surface area contributed by atoms with Gasteiger partial charge in [-0.1, -0.05) is 30.3 Å². The number of carbonyl (C=O) groups excluding carboxylic acids is 1. The molecular weight excluding hydrogens is 503 g/mol. The molecule has 1 aromatic heterocycles. The highest BCUT2D eigenvalue weighted by Crippen LogP contribution is 2.43. The molecule has 3 aliphatic rings. The Bertz CT molecular complexity index is 1570. The maximum Gasteiger partial charge on any atom is 0.415 e. The standard InChI is InChI=1S/C31H28F3N3O2/c32-25-12-11-24(28(33)29(25)34)23-7-4-8-26-27(23)20(18-36(26)22-9-10-22)17-35-15-13-31(14-16-35)19-37(30(38)39-31)21-5-2-1-3-6-21/h1-8,11-12,18,22H,9-10,13-17,19H2. The number of hydrogen-bond acceptors (Lipinski definition) is 3. The highest BCUT2D eigenvalue weighted by Gasteiger charge is 2.47. The molecule has 0 radical (unpaired) electrons. The summed E-state index contributed by atoms with van der Waals surface area (Å²) >= 11 is 0. The molecule has 2 saturated heterocycles. The van der Waals surface area contributed by atoms with E-state index in [1.165, 1.54) is 6.07 Å². The quantitative estimate of drug-likeness (QED) is 0.259. The van der Waals surface area contributed by atoms with Crippen molar-refractivity contribution in [1.29, 1.82) is 0 Å². The fraction of sp³-hybridized carbons (Fsp3) is 0.323. The lowest BCUT2D eigenvalue weighted by Crippen LogP contribution is -2.46. The number of benzene rings is 3. The number of halogens is 3. The molecule has 0 N–H and O–H groups in total. The Morgan fingerprint density at radius 2 is 1.64 bits per heavy atom. The van der Waals surface area contributed by atoms with Gasteiger partial charge < -0.3 is 9.30 Å². The van der Waals surface area contributed by atoms with Crippen molar-refractivity contribution in [1.82, 2.24) is 9.47 Å². The van der Waals surface area contributed by atoms with Crippen LogP contribution in [-0.4, -0.2) is 40.8 Å². The van der Waals surface area contributed by atoms with Crippen molar-refractivity contribution in [3.8, 4) is 11.1 Å². The molecule has 3 aromatic carbocycles. The number of para-hydroxylation sites is 1. The van der Waals surface area contributed by atoms with Gasteiger partial charge in [0, 0.05) is 66.9 Å². The number of carbonyl (C=O) groups is 1. The van der Waals surface area contributed by atoms with Crippen LogP contribution in [0.15, 0.2) is 66.9 Å². The van der Waals surface area contributed by atoms with Gasteiger partial charge in [0.25, 0.3) is 0 Å². The number of amides is 1. The largest absolute Gasteiger partial charge is 0.441 e. The van der Waals surface area contributed by atoms with Gasteiger partial charge in [0.15, 0.2) is 17.5 Å². The van der Waals surface area contributed by atoms with E-state index in [-0.39, 0.29) is 11.7 Å². The van der Waals surface area contributed by atoms with Crippen LogP contribution in [0.25, 0.3) is 22.0 Å². The maximum atomic E-state index is 14.9. The van der Waals surface area contributed by atoms with Gasteiger partial charge in [-0.2, -0.15) is 0 Å². The molecule has 1 amide bonds. The lowest BCUT2D eigenvalue weighted by molar-refractivity contribution is -0.000889. The molecule has 0 bridgehead atoms. The molecule has 8 heteroatoms. The number of fused-ring (bicyclic) bond motifs is 1. The van der Waals surface area contributed by atoms with Gasteiger partial charge >= 0.3 is 6.09 Å². The minimum absolute atomic E-state index is 0.0609. The van der Waals surface area contributed by atoms with Crippen molar-refractivity contribution in [3.63, 3.8) is 0 Å². The van der Waals surface area contributed by atoms with Crippen molar-refractivity contribution < 1.29 is 22.7 Å². The monoisotopic (exact) mass is 531 g/mol. The van der Waals surface area contributed by atoms with E-state index < -0.39 is 23.1 Å². The number of hydrogen-bond donors (Lipinski definition) is 0. The van der Waals surface area contributed by atoms with E-state index in [1.54, 1.807) is 11.0 Å². The van der Waals surface area contributed by atoms with Gasteiger partial charge in [-0.25, -0.2) is 18.0 Å². The third kappa shape index (κ3) is 4.18. The first kappa shape index (κ1) is 24.3. The molecule has 1 saturated carbocycles. The summed E-state index contributed by atoms with van der Waals surface area (Å²) in [6.07, 6.45) is 5.44. The normalized spacial score (nSPS) is 19.3. The zero-order valence-corrected chi connectivity index (χ0v) is 21.4. The van der Waals surface area contributed by atoms with Crippen molar-refractivity contribution in [3.05, 3.63) is 89.9 Å². The summed E-state index contributed by atoms with van der Waals surface area (Å²) in [6, 6.07) is 17.9. The number of likely N-dealkylation sites (tertiary alicyclic amines) is 1. The average molecular weight is 532 g/mol. The van der Waals surface area contributed by atoms with Gasteiger partial charge in [-0.3, -0.25) is 9.80 Å². The number of ether oxygens (including phenoxy) is 1. The Kier molecular flexibility index (Phi) is 5.70. The van der Waals surface area contributed by atoms with Gasteiger partial charge in [0.1, 0.15) is 5.60 Å². The lowest BCUT2D eigenvalue weighted by Gasteiger charge is -2.37. The highest BCUT2D eigenvalue weighted by atomic mass is 19.2. The van der Waals surface area contributed by atoms with Gasteiger partial charge in [-0.05, 0) is 54.3 Å². The van der Waals surface area contributed by atoms with Crippen LogP contribution >= 0.6 is 0 Å². The number of anilines is 1. The summed E-state index contributed by atoms with van der Waals surface area (Å²) < 4.78 is 51.0. The maximum absolute atomic E-state index is 14.9. The molecule has 7 rings (SSSR count). The van der Waals surface area contributed by atoms with Crippen LogP contribution in [0.3, 0.4) is 0 Å². The predicted molar refractivity (Wildman–Crippen MR) is 143 cm³/mol. The molecule has 1 aliphatic carbocycles. The van der Waals surface area contributed by atoms with Crippen molar-refractivity contribution in [2.24, 2.45) is 0 Å². The summed E-state index contributed by atoms with van der Waals surface area (Å²) in [7, 11) is 0. The van der Waals surface area contributed by atoms with Crippen molar-refractivity contribution in [2.45, 2.75) is 43.9 Å². The first-order chi connectivity index (χ1) is 18.9. The molecule has 2 aliphatic heterocycles. The lowest BCUT2D eigenvalue weighted by atomic mass is 9.90. The average Bonchev–Trinajstić information content (AvgIpc) is 3.66. The van der Waals surface area contributed by atoms with Crippen LogP contribution in [0.1, 0.15) is 37.3 Å². The van der Waals surface area contributed by atoms with E-state index in [1.807, 2.05) is 42.5 Å². The number of nitrogens with zero attached hydrogens (tertiary/aromatic N) is 3. The fourth-order valence-corrected chi connectivity index (χ4v) is 6.18. The fourth-order valence-electron chi connectivity index (χ4n) is 6.18. The number of piperidine rings is 1. The molecular formula is C31H28F3N3O2. The molecule has 39 heavy (non-hydrogen) atoms. The molecule has 5 nitrogen and oxygen atoms in total.